The molecule has 0 atom stereocenters. The van der Waals surface area contributed by atoms with Gasteiger partial charge in [0.1, 0.15) is 10.6 Å². The van der Waals surface area contributed by atoms with E-state index in [0.717, 1.165) is 11.3 Å². The minimum absolute atomic E-state index is 0.296. The molecule has 0 amide bonds. The number of rotatable bonds is 7. The predicted molar refractivity (Wildman–Crippen MR) is 102 cm³/mol. The van der Waals surface area contributed by atoms with E-state index in [4.69, 9.17) is 16.0 Å². The second-order valence-electron chi connectivity index (χ2n) is 5.70. The number of furan rings is 1. The van der Waals surface area contributed by atoms with Crippen molar-refractivity contribution >= 4 is 34.0 Å². The summed E-state index contributed by atoms with van der Waals surface area (Å²) in [6.07, 6.45) is 1.83. The van der Waals surface area contributed by atoms with Crippen molar-refractivity contribution < 1.29 is 9.34 Å². The molecule has 1 N–H and O–H groups in total. The molecule has 0 unspecified atom stereocenters. The minimum Gasteiger partial charge on any atom is -0.398 e. The molecule has 0 aliphatic carbocycles. The van der Waals surface area contributed by atoms with Crippen molar-refractivity contribution in [2.24, 2.45) is 0 Å². The molecular weight excluding hydrogens is 406 g/mol. The van der Waals surface area contributed by atoms with Crippen molar-refractivity contribution in [2.75, 3.05) is 5.32 Å². The van der Waals surface area contributed by atoms with Crippen LogP contribution in [0.5, 0.6) is 0 Å². The molecule has 28 heavy (non-hydrogen) atoms. The van der Waals surface area contributed by atoms with Gasteiger partial charge in [-0.25, -0.2) is 4.68 Å². The van der Waals surface area contributed by atoms with E-state index in [1.165, 1.54) is 23.5 Å². The van der Waals surface area contributed by atoms with Gasteiger partial charge in [-0.05, 0) is 23.8 Å². The Kier molecular flexibility index (Phi) is 5.00. The Morgan fingerprint density at radius 3 is 2.93 bits per heavy atom. The zero-order valence-electron chi connectivity index (χ0n) is 14.1. The Morgan fingerprint density at radius 1 is 1.25 bits per heavy atom. The van der Waals surface area contributed by atoms with Crippen LogP contribution in [0.25, 0.3) is 10.8 Å². The highest BCUT2D eigenvalue weighted by Crippen LogP contribution is 2.30. The molecule has 0 saturated heterocycles. The van der Waals surface area contributed by atoms with Crippen molar-refractivity contribution in [3.63, 3.8) is 0 Å². The van der Waals surface area contributed by atoms with E-state index in [9.17, 15) is 10.1 Å². The first-order valence-corrected chi connectivity index (χ1v) is 9.22. The monoisotopic (exact) mass is 417 g/mol. The second kappa shape index (κ2) is 7.74. The van der Waals surface area contributed by atoms with Crippen LogP contribution in [0.2, 0.25) is 5.02 Å². The van der Waals surface area contributed by atoms with Gasteiger partial charge >= 0.3 is 5.88 Å². The van der Waals surface area contributed by atoms with E-state index in [0.29, 0.717) is 34.0 Å². The Balaban J connectivity index is 1.37. The molecule has 0 radical (unpaired) electrons. The zero-order valence-corrected chi connectivity index (χ0v) is 15.7. The van der Waals surface area contributed by atoms with Gasteiger partial charge in [-0.1, -0.05) is 40.3 Å². The molecule has 0 spiro atoms. The molecule has 4 rings (SSSR count). The van der Waals surface area contributed by atoms with E-state index in [2.05, 4.69) is 25.8 Å². The molecule has 1 aromatic carbocycles. The maximum atomic E-state index is 10.7. The van der Waals surface area contributed by atoms with Gasteiger partial charge in [0, 0.05) is 5.02 Å². The lowest BCUT2D eigenvalue weighted by Gasteiger charge is -2.01. The highest BCUT2D eigenvalue weighted by molar-refractivity contribution is 7.18. The highest BCUT2D eigenvalue weighted by Gasteiger charge is 2.16. The fourth-order valence-electron chi connectivity index (χ4n) is 2.42. The Labute approximate surface area is 166 Å². The van der Waals surface area contributed by atoms with E-state index < -0.39 is 4.92 Å². The van der Waals surface area contributed by atoms with Gasteiger partial charge in [0.25, 0.3) is 0 Å². The van der Waals surface area contributed by atoms with Crippen molar-refractivity contribution in [1.29, 1.82) is 0 Å². The quantitative estimate of drug-likeness (QED) is 0.357. The summed E-state index contributed by atoms with van der Waals surface area (Å²) >= 11 is 7.21. The van der Waals surface area contributed by atoms with Crippen molar-refractivity contribution in [1.82, 2.24) is 25.2 Å². The van der Waals surface area contributed by atoms with E-state index in [1.54, 1.807) is 4.68 Å². The third kappa shape index (κ3) is 4.15. The molecule has 0 aliphatic rings. The number of anilines is 1. The Hall–Kier alpha value is -3.31. The number of benzene rings is 1. The molecule has 142 valence electrons. The van der Waals surface area contributed by atoms with Gasteiger partial charge < -0.3 is 9.73 Å². The molecule has 3 heterocycles. The van der Waals surface area contributed by atoms with Crippen LogP contribution < -0.4 is 5.32 Å². The predicted octanol–water partition coefficient (Wildman–Crippen LogP) is 3.61. The van der Waals surface area contributed by atoms with Crippen LogP contribution in [0.3, 0.4) is 0 Å². The third-order valence-corrected chi connectivity index (χ3v) is 4.78. The maximum absolute atomic E-state index is 10.7. The van der Waals surface area contributed by atoms with Crippen LogP contribution in [0.4, 0.5) is 11.0 Å². The molecule has 0 aliphatic heterocycles. The maximum Gasteiger partial charge on any atom is 0.433 e. The summed E-state index contributed by atoms with van der Waals surface area (Å²) in [5, 5.41) is 31.6. The fourth-order valence-corrected chi connectivity index (χ4v) is 3.33. The molecule has 0 fully saturated rings. The smallest absolute Gasteiger partial charge is 0.398 e. The lowest BCUT2D eigenvalue weighted by atomic mass is 10.2. The van der Waals surface area contributed by atoms with Crippen molar-refractivity contribution in [2.45, 2.75) is 13.1 Å². The van der Waals surface area contributed by atoms with Crippen LogP contribution in [0, 0.1) is 10.1 Å². The first-order valence-electron chi connectivity index (χ1n) is 8.02. The number of nitro groups is 1. The van der Waals surface area contributed by atoms with Gasteiger partial charge in [0.2, 0.25) is 5.13 Å². The Bertz CT molecular complexity index is 1120. The van der Waals surface area contributed by atoms with Crippen LogP contribution in [0.1, 0.15) is 11.3 Å². The number of halogens is 1. The lowest BCUT2D eigenvalue weighted by Crippen LogP contribution is -2.00. The fraction of sp³-hybridized carbons (Fsp3) is 0.125. The SMILES string of the molecule is O=[N+]([O-])c1ccc(-c2nnc(NCc3cn(Cc4cccc(Cl)c4)nn3)s2)o1. The molecule has 0 bridgehead atoms. The first kappa shape index (κ1) is 18.1. The van der Waals surface area contributed by atoms with Gasteiger partial charge in [-0.2, -0.15) is 0 Å². The normalized spacial score (nSPS) is 10.9. The Morgan fingerprint density at radius 2 is 2.14 bits per heavy atom. The summed E-state index contributed by atoms with van der Waals surface area (Å²) < 4.78 is 6.84. The number of hydrogen-bond donors (Lipinski definition) is 1. The van der Waals surface area contributed by atoms with Crippen LogP contribution in [-0.4, -0.2) is 30.1 Å². The molecule has 3 aromatic heterocycles. The summed E-state index contributed by atoms with van der Waals surface area (Å²) in [5.74, 6) is -0.0410. The van der Waals surface area contributed by atoms with Crippen LogP contribution in [0.15, 0.2) is 47.0 Å². The van der Waals surface area contributed by atoms with Gasteiger partial charge in [-0.15, -0.1) is 15.3 Å². The zero-order chi connectivity index (χ0) is 19.5. The topological polar surface area (TPSA) is 125 Å². The van der Waals surface area contributed by atoms with Gasteiger partial charge in [0.05, 0.1) is 25.4 Å². The summed E-state index contributed by atoms with van der Waals surface area (Å²) in [6, 6.07) is 10.3. The molecule has 4 aromatic rings. The first-order chi connectivity index (χ1) is 13.6. The number of nitrogens with one attached hydrogen (secondary N) is 1. The average molecular weight is 418 g/mol. The largest absolute Gasteiger partial charge is 0.433 e. The average Bonchev–Trinajstić information content (AvgIpc) is 3.40. The van der Waals surface area contributed by atoms with Gasteiger partial charge in [0.15, 0.2) is 10.8 Å². The van der Waals surface area contributed by atoms with E-state index >= 15 is 0 Å². The second-order valence-corrected chi connectivity index (χ2v) is 7.11. The van der Waals surface area contributed by atoms with Gasteiger partial charge in [-0.3, -0.25) is 10.1 Å². The highest BCUT2D eigenvalue weighted by atomic mass is 35.5. The molecule has 12 heteroatoms. The summed E-state index contributed by atoms with van der Waals surface area (Å²) in [5.41, 5.74) is 1.76. The third-order valence-electron chi connectivity index (χ3n) is 3.65. The lowest BCUT2D eigenvalue weighted by molar-refractivity contribution is -0.401. The standard InChI is InChI=1S/C16H12ClN7O3S/c17-11-3-1-2-10(6-11)8-23-9-12(19-22-23)7-18-16-21-20-15(28-16)13-4-5-14(27-13)24(25)26/h1-6,9H,7-8H2,(H,18,21). The summed E-state index contributed by atoms with van der Waals surface area (Å²) in [6.45, 7) is 0.969. The number of aromatic nitrogens is 5. The van der Waals surface area contributed by atoms with E-state index in [1.807, 2.05) is 30.5 Å². The van der Waals surface area contributed by atoms with E-state index in [-0.39, 0.29) is 5.88 Å². The van der Waals surface area contributed by atoms with Crippen molar-refractivity contribution in [3.8, 4) is 10.8 Å². The van der Waals surface area contributed by atoms with Crippen LogP contribution in [-0.2, 0) is 13.1 Å². The minimum atomic E-state index is -0.601. The number of hydrogen-bond acceptors (Lipinski definition) is 9. The molecule has 0 saturated carbocycles. The molecule has 10 nitrogen and oxygen atoms in total. The molecular formula is C16H12ClN7O3S. The van der Waals surface area contributed by atoms with Crippen molar-refractivity contribution in [3.05, 3.63) is 69.0 Å². The summed E-state index contributed by atoms with van der Waals surface area (Å²) in [7, 11) is 0. The number of nitrogens with zero attached hydrogens (tertiary/aromatic N) is 6. The van der Waals surface area contributed by atoms with Crippen LogP contribution >= 0.6 is 22.9 Å². The summed E-state index contributed by atoms with van der Waals surface area (Å²) in [4.78, 5) is 10.1.